The van der Waals surface area contributed by atoms with Crippen molar-refractivity contribution >= 4 is 31.8 Å². The molecule has 39 heavy (non-hydrogen) atoms. The van der Waals surface area contributed by atoms with Crippen LogP contribution in [0.2, 0.25) is 0 Å². The molecule has 0 aliphatic carbocycles. The Morgan fingerprint density at radius 2 is 1.77 bits per heavy atom. The van der Waals surface area contributed by atoms with Crippen LogP contribution in [0.25, 0.3) is 55.6 Å². The van der Waals surface area contributed by atoms with Crippen LogP contribution in [-0.4, -0.2) is 46.9 Å². The van der Waals surface area contributed by atoms with Crippen LogP contribution >= 0.6 is 0 Å². The Bertz CT molecular complexity index is 1970. The molecule has 0 radical (unpaired) electrons. The van der Waals surface area contributed by atoms with Gasteiger partial charge in [-0.25, -0.2) is 17.5 Å². The van der Waals surface area contributed by atoms with Gasteiger partial charge in [0.15, 0.2) is 0 Å². The Balaban J connectivity index is 1.42. The number of benzene rings is 2. The van der Waals surface area contributed by atoms with Gasteiger partial charge in [0.05, 0.1) is 36.5 Å². The van der Waals surface area contributed by atoms with E-state index in [0.717, 1.165) is 50.6 Å². The second-order valence-corrected chi connectivity index (χ2v) is 11.0. The lowest BCUT2D eigenvalue weighted by molar-refractivity contribution is 0.413. The average molecular weight is 543 g/mol. The number of sulfonamides is 1. The van der Waals surface area contributed by atoms with E-state index in [1.54, 1.807) is 31.8 Å². The zero-order valence-corrected chi connectivity index (χ0v) is 21.8. The molecule has 11 heteroatoms. The maximum absolute atomic E-state index is 14.5. The van der Waals surface area contributed by atoms with Crippen LogP contribution in [0, 0.1) is 5.82 Å². The van der Waals surface area contributed by atoms with Crippen LogP contribution in [0.3, 0.4) is 0 Å². The fourth-order valence-electron chi connectivity index (χ4n) is 4.60. The average Bonchev–Trinajstić information content (AvgIpc) is 3.55. The number of pyridine rings is 2. The predicted molar refractivity (Wildman–Crippen MR) is 148 cm³/mol. The van der Waals surface area contributed by atoms with Gasteiger partial charge in [0.1, 0.15) is 17.3 Å². The summed E-state index contributed by atoms with van der Waals surface area (Å²) in [5, 5.41) is 9.35. The van der Waals surface area contributed by atoms with Gasteiger partial charge in [-0.05, 0) is 59.7 Å². The number of halogens is 1. The van der Waals surface area contributed by atoms with Crippen molar-refractivity contribution in [2.45, 2.75) is 6.54 Å². The van der Waals surface area contributed by atoms with E-state index in [2.05, 4.69) is 29.9 Å². The largest absolute Gasteiger partial charge is 0.495 e. The van der Waals surface area contributed by atoms with Crippen LogP contribution < -0.4 is 9.46 Å². The smallest absolute Gasteiger partial charge is 0.209 e. The van der Waals surface area contributed by atoms with Crippen molar-refractivity contribution in [1.29, 1.82) is 0 Å². The summed E-state index contributed by atoms with van der Waals surface area (Å²) in [6.07, 6.45) is 6.15. The van der Waals surface area contributed by atoms with Crippen molar-refractivity contribution < 1.29 is 17.5 Å². The minimum atomic E-state index is -3.42. The topological polar surface area (TPSA) is 126 Å². The number of ether oxygens (including phenoxy) is 1. The maximum atomic E-state index is 14.5. The molecule has 0 saturated heterocycles. The van der Waals surface area contributed by atoms with Crippen molar-refractivity contribution in [1.82, 2.24) is 29.9 Å². The molecule has 0 aliphatic rings. The maximum Gasteiger partial charge on any atom is 0.209 e. The monoisotopic (exact) mass is 542 g/mol. The molecule has 9 nitrogen and oxygen atoms in total. The normalized spacial score (nSPS) is 11.9. The molecule has 0 fully saturated rings. The molecule has 6 rings (SSSR count). The third-order valence-electron chi connectivity index (χ3n) is 6.42. The second-order valence-electron chi connectivity index (χ2n) is 9.19. The van der Waals surface area contributed by atoms with E-state index >= 15 is 0 Å². The fourth-order valence-corrected chi connectivity index (χ4v) is 5.03. The first kappa shape index (κ1) is 24.7. The molecule has 4 aromatic heterocycles. The molecule has 0 aliphatic heterocycles. The van der Waals surface area contributed by atoms with Crippen molar-refractivity contribution in [3.63, 3.8) is 0 Å². The van der Waals surface area contributed by atoms with Crippen molar-refractivity contribution in [3.8, 4) is 39.5 Å². The Hall–Kier alpha value is -4.61. The molecule has 0 saturated carbocycles. The van der Waals surface area contributed by atoms with Crippen LogP contribution in [0.1, 0.15) is 5.56 Å². The van der Waals surface area contributed by atoms with Crippen molar-refractivity contribution in [2.75, 3.05) is 13.4 Å². The number of methoxy groups -OCH3 is 1. The van der Waals surface area contributed by atoms with Gasteiger partial charge in [-0.15, -0.1) is 0 Å². The van der Waals surface area contributed by atoms with E-state index in [1.165, 1.54) is 12.1 Å². The van der Waals surface area contributed by atoms with Crippen LogP contribution in [-0.2, 0) is 16.6 Å². The van der Waals surface area contributed by atoms with Gasteiger partial charge in [0.2, 0.25) is 10.0 Å². The van der Waals surface area contributed by atoms with Gasteiger partial charge in [-0.3, -0.25) is 15.1 Å². The zero-order valence-electron chi connectivity index (χ0n) is 21.0. The third kappa shape index (κ3) is 4.97. The summed E-state index contributed by atoms with van der Waals surface area (Å²) in [7, 11) is -1.82. The number of rotatable bonds is 7. The lowest BCUT2D eigenvalue weighted by Gasteiger charge is -2.08. The first-order valence-electron chi connectivity index (χ1n) is 12.0. The molecule has 196 valence electrons. The first-order chi connectivity index (χ1) is 18.8. The number of aromatic nitrogens is 5. The molecule has 0 bridgehead atoms. The van der Waals surface area contributed by atoms with Gasteiger partial charge in [-0.1, -0.05) is 6.07 Å². The molecular formula is C28H23FN6O3S. The van der Waals surface area contributed by atoms with E-state index in [-0.39, 0.29) is 6.54 Å². The summed E-state index contributed by atoms with van der Waals surface area (Å²) in [4.78, 5) is 12.2. The molecule has 0 unspecified atom stereocenters. The highest BCUT2D eigenvalue weighted by Gasteiger charge is 2.16. The summed E-state index contributed by atoms with van der Waals surface area (Å²) >= 11 is 0. The van der Waals surface area contributed by atoms with Crippen LogP contribution in [0.5, 0.6) is 5.75 Å². The highest BCUT2D eigenvalue weighted by atomic mass is 32.2. The van der Waals surface area contributed by atoms with Gasteiger partial charge in [-0.2, -0.15) is 5.10 Å². The minimum absolute atomic E-state index is 0.0254. The van der Waals surface area contributed by atoms with E-state index < -0.39 is 15.8 Å². The third-order valence-corrected chi connectivity index (χ3v) is 7.09. The van der Waals surface area contributed by atoms with Gasteiger partial charge < -0.3 is 9.72 Å². The quantitative estimate of drug-likeness (QED) is 0.260. The summed E-state index contributed by atoms with van der Waals surface area (Å²) in [5.74, 6) is 0.188. The Morgan fingerprint density at radius 3 is 2.59 bits per heavy atom. The minimum Gasteiger partial charge on any atom is -0.495 e. The Kier molecular flexibility index (Phi) is 6.09. The van der Waals surface area contributed by atoms with E-state index in [1.807, 2.05) is 36.4 Å². The number of nitrogens with one attached hydrogen (secondary N) is 3. The summed E-state index contributed by atoms with van der Waals surface area (Å²) in [6.45, 7) is -0.0254. The Labute approximate surface area is 223 Å². The number of hydrogen-bond donors (Lipinski definition) is 3. The van der Waals surface area contributed by atoms with Crippen molar-refractivity contribution in [3.05, 3.63) is 84.6 Å². The highest BCUT2D eigenvalue weighted by molar-refractivity contribution is 7.88. The van der Waals surface area contributed by atoms with Gasteiger partial charge >= 0.3 is 0 Å². The van der Waals surface area contributed by atoms with E-state index in [0.29, 0.717) is 22.6 Å². The molecule has 0 atom stereocenters. The van der Waals surface area contributed by atoms with E-state index in [4.69, 9.17) is 4.74 Å². The van der Waals surface area contributed by atoms with Crippen molar-refractivity contribution in [2.24, 2.45) is 0 Å². The first-order valence-corrected chi connectivity index (χ1v) is 13.9. The Morgan fingerprint density at radius 1 is 0.923 bits per heavy atom. The standard InChI is InChI=1S/C28H23FN6O3S/c1-38-21-10-19(14-30-15-21)17-3-4-25-22(11-17)28(35-34-25)26-12-23-24(33-26)5-6-31-27(23)18-7-16(8-20(29)9-18)13-32-39(2,36)37/h3-12,14-15,32-33H,13H2,1-2H3,(H,34,35). The van der Waals surface area contributed by atoms with Crippen LogP contribution in [0.4, 0.5) is 4.39 Å². The second kappa shape index (κ2) is 9.61. The number of aromatic amines is 2. The number of nitrogens with zero attached hydrogens (tertiary/aromatic N) is 3. The SMILES string of the molecule is COc1cncc(-c2ccc3[nH]nc(-c4cc5c(-c6cc(F)cc(CNS(C)(=O)=O)c6)nccc5[nH]4)c3c2)c1. The summed E-state index contributed by atoms with van der Waals surface area (Å²) < 4.78 is 45.3. The molecule has 3 N–H and O–H groups in total. The summed E-state index contributed by atoms with van der Waals surface area (Å²) in [5.41, 5.74) is 6.64. The predicted octanol–water partition coefficient (Wildman–Crippen LogP) is 5.03. The number of hydrogen-bond acceptors (Lipinski definition) is 6. The molecule has 2 aromatic carbocycles. The fraction of sp³-hybridized carbons (Fsp3) is 0.107. The molecular weight excluding hydrogens is 519 g/mol. The molecule has 0 amide bonds. The molecule has 0 spiro atoms. The molecule has 4 heterocycles. The van der Waals surface area contributed by atoms with Crippen LogP contribution in [0.15, 0.2) is 73.2 Å². The highest BCUT2D eigenvalue weighted by Crippen LogP contribution is 2.35. The van der Waals surface area contributed by atoms with Gasteiger partial charge in [0.25, 0.3) is 0 Å². The lowest BCUT2D eigenvalue weighted by Crippen LogP contribution is -2.21. The molecule has 6 aromatic rings. The summed E-state index contributed by atoms with van der Waals surface area (Å²) in [6, 6.07) is 16.1. The number of H-pyrrole nitrogens is 2. The van der Waals surface area contributed by atoms with Gasteiger partial charge in [0, 0.05) is 46.4 Å². The van der Waals surface area contributed by atoms with E-state index in [9.17, 15) is 12.8 Å². The number of fused-ring (bicyclic) bond motifs is 2. The lowest BCUT2D eigenvalue weighted by atomic mass is 10.0. The zero-order chi connectivity index (χ0) is 27.1.